The van der Waals surface area contributed by atoms with Crippen molar-refractivity contribution in [3.8, 4) is 11.5 Å². The highest BCUT2D eigenvalue weighted by Gasteiger charge is 2.26. The van der Waals surface area contributed by atoms with Gasteiger partial charge >= 0.3 is 0 Å². The number of benzene rings is 1. The minimum absolute atomic E-state index is 0.0205. The number of hydrogen-bond acceptors (Lipinski definition) is 4. The summed E-state index contributed by atoms with van der Waals surface area (Å²) in [7, 11) is 3.04. The van der Waals surface area contributed by atoms with Gasteiger partial charge in [-0.2, -0.15) is 0 Å². The van der Waals surface area contributed by atoms with Crippen LogP contribution in [0.25, 0.3) is 0 Å². The van der Waals surface area contributed by atoms with Crippen molar-refractivity contribution in [1.82, 2.24) is 10.2 Å². The van der Waals surface area contributed by atoms with Crippen molar-refractivity contribution in [2.75, 3.05) is 33.2 Å². The summed E-state index contributed by atoms with van der Waals surface area (Å²) in [4.78, 5) is 26.3. The Morgan fingerprint density at radius 2 is 1.79 bits per heavy atom. The van der Waals surface area contributed by atoms with E-state index in [4.69, 9.17) is 21.1 Å². The van der Waals surface area contributed by atoms with E-state index in [9.17, 15) is 9.59 Å². The van der Waals surface area contributed by atoms with Gasteiger partial charge in [0, 0.05) is 31.4 Å². The Morgan fingerprint density at radius 3 is 2.29 bits per heavy atom. The summed E-state index contributed by atoms with van der Waals surface area (Å²) >= 11 is 5.61. The van der Waals surface area contributed by atoms with Gasteiger partial charge in [0.15, 0.2) is 0 Å². The van der Waals surface area contributed by atoms with E-state index in [1.54, 1.807) is 23.1 Å². The van der Waals surface area contributed by atoms with Gasteiger partial charge in [-0.25, -0.2) is 0 Å². The van der Waals surface area contributed by atoms with Gasteiger partial charge < -0.3 is 19.7 Å². The van der Waals surface area contributed by atoms with Gasteiger partial charge in [-0.3, -0.25) is 9.59 Å². The summed E-state index contributed by atoms with van der Waals surface area (Å²) in [6, 6.07) is 5.25. The zero-order valence-electron chi connectivity index (χ0n) is 14.0. The topological polar surface area (TPSA) is 67.9 Å². The fourth-order valence-corrected chi connectivity index (χ4v) is 3.01. The van der Waals surface area contributed by atoms with Crippen LogP contribution in [-0.4, -0.2) is 55.9 Å². The summed E-state index contributed by atoms with van der Waals surface area (Å²) < 4.78 is 10.5. The van der Waals surface area contributed by atoms with Gasteiger partial charge in [-0.05, 0) is 25.0 Å². The molecule has 1 aliphatic rings. The van der Waals surface area contributed by atoms with Crippen molar-refractivity contribution in [2.24, 2.45) is 0 Å². The SMILES string of the molecule is COc1cccc(OC)c1C(=O)NC1CCN(C(=O)CCCl)CC1. The van der Waals surface area contributed by atoms with E-state index in [2.05, 4.69) is 5.32 Å². The quantitative estimate of drug-likeness (QED) is 0.794. The number of carbonyl (C=O) groups is 2. The lowest BCUT2D eigenvalue weighted by molar-refractivity contribution is -0.131. The molecule has 132 valence electrons. The minimum Gasteiger partial charge on any atom is -0.496 e. The van der Waals surface area contributed by atoms with Crippen LogP contribution in [0.15, 0.2) is 18.2 Å². The molecular formula is C17H23ClN2O4. The summed E-state index contributed by atoms with van der Waals surface area (Å²) in [5.74, 6) is 1.13. The third kappa shape index (κ3) is 4.32. The first kappa shape index (κ1) is 18.4. The predicted octanol–water partition coefficient (Wildman–Crippen LogP) is 2.05. The standard InChI is InChI=1S/C17H23ClN2O4/c1-23-13-4-3-5-14(24-2)16(13)17(22)19-12-7-10-20(11-8-12)15(21)6-9-18/h3-5,12H,6-11H2,1-2H3,(H,19,22). The fourth-order valence-electron chi connectivity index (χ4n) is 2.84. The highest BCUT2D eigenvalue weighted by Crippen LogP contribution is 2.28. The number of nitrogens with one attached hydrogen (secondary N) is 1. The minimum atomic E-state index is -0.227. The first-order valence-electron chi connectivity index (χ1n) is 7.96. The largest absolute Gasteiger partial charge is 0.496 e. The summed E-state index contributed by atoms with van der Waals surface area (Å²) in [5, 5.41) is 3.01. The molecule has 2 amide bonds. The second kappa shape index (κ2) is 8.78. The molecule has 0 aromatic heterocycles. The van der Waals surface area contributed by atoms with Gasteiger partial charge in [0.1, 0.15) is 17.1 Å². The number of ether oxygens (including phenoxy) is 2. The Kier molecular flexibility index (Phi) is 6.73. The van der Waals surface area contributed by atoms with Crippen molar-refractivity contribution in [1.29, 1.82) is 0 Å². The molecule has 2 rings (SSSR count). The van der Waals surface area contributed by atoms with Gasteiger partial charge in [-0.1, -0.05) is 6.07 Å². The third-order valence-corrected chi connectivity index (χ3v) is 4.34. The Balaban J connectivity index is 1.98. The molecule has 0 saturated carbocycles. The molecular weight excluding hydrogens is 332 g/mol. The molecule has 1 aliphatic heterocycles. The molecule has 0 unspecified atom stereocenters. The normalized spacial score (nSPS) is 15.0. The summed E-state index contributed by atoms with van der Waals surface area (Å²) in [6.07, 6.45) is 1.80. The van der Waals surface area contributed by atoms with Crippen molar-refractivity contribution in [3.63, 3.8) is 0 Å². The molecule has 0 bridgehead atoms. The number of likely N-dealkylation sites (tertiary alicyclic amines) is 1. The zero-order chi connectivity index (χ0) is 17.5. The van der Waals surface area contributed by atoms with Crippen molar-refractivity contribution in [2.45, 2.75) is 25.3 Å². The van der Waals surface area contributed by atoms with Crippen LogP contribution >= 0.6 is 11.6 Å². The molecule has 0 atom stereocenters. The monoisotopic (exact) mass is 354 g/mol. The van der Waals surface area contributed by atoms with E-state index in [1.165, 1.54) is 14.2 Å². The van der Waals surface area contributed by atoms with Crippen LogP contribution in [0.1, 0.15) is 29.6 Å². The van der Waals surface area contributed by atoms with E-state index >= 15 is 0 Å². The number of nitrogens with zero attached hydrogens (tertiary/aromatic N) is 1. The lowest BCUT2D eigenvalue weighted by Crippen LogP contribution is -2.46. The molecule has 1 aromatic carbocycles. The van der Waals surface area contributed by atoms with Crippen LogP contribution in [0.5, 0.6) is 11.5 Å². The lowest BCUT2D eigenvalue weighted by atomic mass is 10.0. The van der Waals surface area contributed by atoms with Crippen molar-refractivity contribution in [3.05, 3.63) is 23.8 Å². The van der Waals surface area contributed by atoms with Crippen LogP contribution < -0.4 is 14.8 Å². The molecule has 24 heavy (non-hydrogen) atoms. The van der Waals surface area contributed by atoms with Gasteiger partial charge in [0.2, 0.25) is 5.91 Å². The smallest absolute Gasteiger partial charge is 0.259 e. The molecule has 1 aromatic rings. The van der Waals surface area contributed by atoms with Crippen molar-refractivity contribution < 1.29 is 19.1 Å². The molecule has 1 heterocycles. The number of methoxy groups -OCH3 is 2. The van der Waals surface area contributed by atoms with Crippen LogP contribution in [0.3, 0.4) is 0 Å². The highest BCUT2D eigenvalue weighted by atomic mass is 35.5. The number of amides is 2. The number of alkyl halides is 1. The van der Waals surface area contributed by atoms with Crippen LogP contribution in [-0.2, 0) is 4.79 Å². The number of carbonyl (C=O) groups excluding carboxylic acids is 2. The van der Waals surface area contributed by atoms with E-state index in [-0.39, 0.29) is 17.9 Å². The Bertz CT molecular complexity index is 564. The summed E-state index contributed by atoms with van der Waals surface area (Å²) in [5.41, 5.74) is 0.392. The number of halogens is 1. The second-order valence-electron chi connectivity index (χ2n) is 5.61. The van der Waals surface area contributed by atoms with Crippen LogP contribution in [0.4, 0.5) is 0 Å². The Morgan fingerprint density at radius 1 is 1.21 bits per heavy atom. The maximum atomic E-state index is 12.6. The van der Waals surface area contributed by atoms with E-state index < -0.39 is 0 Å². The third-order valence-electron chi connectivity index (χ3n) is 4.15. The molecule has 0 aliphatic carbocycles. The van der Waals surface area contributed by atoms with Crippen LogP contribution in [0, 0.1) is 0 Å². The summed E-state index contributed by atoms with van der Waals surface area (Å²) in [6.45, 7) is 1.26. The molecule has 6 nitrogen and oxygen atoms in total. The molecule has 1 N–H and O–H groups in total. The lowest BCUT2D eigenvalue weighted by Gasteiger charge is -2.32. The maximum absolute atomic E-state index is 12.6. The first-order chi connectivity index (χ1) is 11.6. The number of rotatable bonds is 6. The Labute approximate surface area is 147 Å². The molecule has 7 heteroatoms. The highest BCUT2D eigenvalue weighted by molar-refractivity contribution is 6.18. The van der Waals surface area contributed by atoms with Gasteiger partial charge in [0.25, 0.3) is 5.91 Å². The molecule has 1 fully saturated rings. The first-order valence-corrected chi connectivity index (χ1v) is 8.49. The predicted molar refractivity (Wildman–Crippen MR) is 92.0 cm³/mol. The Hall–Kier alpha value is -1.95. The zero-order valence-corrected chi connectivity index (χ0v) is 14.8. The average molecular weight is 355 g/mol. The average Bonchev–Trinajstić information content (AvgIpc) is 2.61. The van der Waals surface area contributed by atoms with Gasteiger partial charge in [-0.15, -0.1) is 11.6 Å². The number of hydrogen-bond donors (Lipinski definition) is 1. The fraction of sp³-hybridized carbons (Fsp3) is 0.529. The van der Waals surface area contributed by atoms with E-state index in [0.29, 0.717) is 42.5 Å². The van der Waals surface area contributed by atoms with Crippen molar-refractivity contribution >= 4 is 23.4 Å². The molecule has 0 spiro atoms. The molecule has 1 saturated heterocycles. The van der Waals surface area contributed by atoms with E-state index in [0.717, 1.165) is 12.8 Å². The van der Waals surface area contributed by atoms with Gasteiger partial charge in [0.05, 0.1) is 14.2 Å². The maximum Gasteiger partial charge on any atom is 0.259 e. The second-order valence-corrected chi connectivity index (χ2v) is 5.98. The van der Waals surface area contributed by atoms with Crippen LogP contribution in [0.2, 0.25) is 0 Å². The van der Waals surface area contributed by atoms with E-state index in [1.807, 2.05) is 0 Å². The molecule has 0 radical (unpaired) electrons. The number of piperidine rings is 1.